The fourth-order valence-electron chi connectivity index (χ4n) is 2.37. The van der Waals surface area contributed by atoms with E-state index in [2.05, 4.69) is 61.4 Å². The number of nitrogens with zero attached hydrogens (tertiary/aromatic N) is 1. The fraction of sp³-hybridized carbons (Fsp3) is 0.471. The summed E-state index contributed by atoms with van der Waals surface area (Å²) in [6.45, 7) is 8.23. The molecule has 0 spiro atoms. The normalized spacial score (nSPS) is 12.8. The third kappa shape index (κ3) is 3.94. The van der Waals surface area contributed by atoms with Crippen LogP contribution in [-0.4, -0.2) is 11.5 Å². The predicted octanol–water partition coefficient (Wildman–Crippen LogP) is 3.77. The van der Waals surface area contributed by atoms with Gasteiger partial charge in [0.25, 0.3) is 0 Å². The molecular weight excluding hydrogens is 248 g/mol. The van der Waals surface area contributed by atoms with Crippen LogP contribution in [0.2, 0.25) is 0 Å². The monoisotopic (exact) mass is 272 g/mol. The quantitative estimate of drug-likeness (QED) is 0.834. The van der Waals surface area contributed by atoms with Crippen molar-refractivity contribution in [1.29, 1.82) is 0 Å². The first-order valence-corrected chi connectivity index (χ1v) is 7.40. The molecule has 20 heavy (non-hydrogen) atoms. The van der Waals surface area contributed by atoms with E-state index in [1.165, 1.54) is 5.56 Å². The number of aromatic nitrogens is 1. The fourth-order valence-corrected chi connectivity index (χ4v) is 2.37. The summed E-state index contributed by atoms with van der Waals surface area (Å²) in [6.07, 6.45) is 2.71. The minimum Gasteiger partial charge on any atom is -0.444 e. The molecule has 108 valence electrons. The maximum Gasteiger partial charge on any atom is 0.208 e. The summed E-state index contributed by atoms with van der Waals surface area (Å²) in [4.78, 5) is 4.27. The van der Waals surface area contributed by atoms with Gasteiger partial charge in [0.05, 0.1) is 12.7 Å². The van der Waals surface area contributed by atoms with Crippen LogP contribution in [0, 0.1) is 5.92 Å². The molecule has 0 radical (unpaired) electrons. The van der Waals surface area contributed by atoms with Crippen molar-refractivity contribution in [2.45, 2.75) is 39.7 Å². The van der Waals surface area contributed by atoms with E-state index in [-0.39, 0.29) is 0 Å². The van der Waals surface area contributed by atoms with Crippen LogP contribution in [0.1, 0.15) is 43.9 Å². The number of oxazole rings is 1. The first kappa shape index (κ1) is 14.8. The van der Waals surface area contributed by atoms with E-state index >= 15 is 0 Å². The Kier molecular flexibility index (Phi) is 5.36. The zero-order valence-corrected chi connectivity index (χ0v) is 12.6. The van der Waals surface area contributed by atoms with Crippen LogP contribution in [0.4, 0.5) is 0 Å². The lowest BCUT2D eigenvalue weighted by atomic mass is 9.88. The van der Waals surface area contributed by atoms with E-state index in [1.807, 2.05) is 6.20 Å². The number of hydrogen-bond donors (Lipinski definition) is 1. The number of hydrogen-bond acceptors (Lipinski definition) is 3. The molecule has 2 rings (SSSR count). The van der Waals surface area contributed by atoms with Crippen molar-refractivity contribution in [3.8, 4) is 0 Å². The van der Waals surface area contributed by atoms with Crippen molar-refractivity contribution in [3.63, 3.8) is 0 Å². The van der Waals surface area contributed by atoms with Gasteiger partial charge in [-0.25, -0.2) is 4.98 Å². The Morgan fingerprint density at radius 1 is 1.20 bits per heavy atom. The third-order valence-electron chi connectivity index (χ3n) is 3.62. The van der Waals surface area contributed by atoms with Gasteiger partial charge in [0.1, 0.15) is 5.76 Å². The van der Waals surface area contributed by atoms with Gasteiger partial charge >= 0.3 is 0 Å². The summed E-state index contributed by atoms with van der Waals surface area (Å²) in [5.41, 5.74) is 1.39. The van der Waals surface area contributed by atoms with Crippen LogP contribution in [0.3, 0.4) is 0 Å². The van der Waals surface area contributed by atoms with Crippen molar-refractivity contribution in [1.82, 2.24) is 10.3 Å². The van der Waals surface area contributed by atoms with E-state index in [9.17, 15) is 0 Å². The second kappa shape index (κ2) is 7.25. The zero-order valence-electron chi connectivity index (χ0n) is 12.6. The molecule has 1 N–H and O–H groups in total. The molecule has 1 aromatic carbocycles. The second-order valence-electron chi connectivity index (χ2n) is 5.47. The summed E-state index contributed by atoms with van der Waals surface area (Å²) in [7, 11) is 0. The van der Waals surface area contributed by atoms with Gasteiger partial charge in [0.15, 0.2) is 0 Å². The van der Waals surface area contributed by atoms with Gasteiger partial charge in [-0.3, -0.25) is 0 Å². The van der Waals surface area contributed by atoms with Crippen molar-refractivity contribution in [2.24, 2.45) is 5.92 Å². The summed E-state index contributed by atoms with van der Waals surface area (Å²) in [5.74, 6) is 2.83. The molecule has 1 heterocycles. The second-order valence-corrected chi connectivity index (χ2v) is 5.47. The highest BCUT2D eigenvalue weighted by Crippen LogP contribution is 2.23. The van der Waals surface area contributed by atoms with E-state index in [4.69, 9.17) is 4.42 Å². The lowest BCUT2D eigenvalue weighted by Crippen LogP contribution is -2.24. The van der Waals surface area contributed by atoms with Gasteiger partial charge in [-0.05, 0) is 17.4 Å². The zero-order chi connectivity index (χ0) is 14.4. The Labute approximate surface area is 121 Å². The average Bonchev–Trinajstić information content (AvgIpc) is 2.92. The molecule has 0 saturated carbocycles. The lowest BCUT2D eigenvalue weighted by molar-refractivity contribution is 0.413. The number of aryl methyl sites for hydroxylation is 1. The molecule has 0 aliphatic carbocycles. The Balaban J connectivity index is 1.90. The van der Waals surface area contributed by atoms with Gasteiger partial charge in [-0.15, -0.1) is 0 Å². The summed E-state index contributed by atoms with van der Waals surface area (Å²) >= 11 is 0. The minimum absolute atomic E-state index is 0.511. The van der Waals surface area contributed by atoms with Crippen molar-refractivity contribution in [3.05, 3.63) is 53.7 Å². The smallest absolute Gasteiger partial charge is 0.208 e. The third-order valence-corrected chi connectivity index (χ3v) is 3.62. The maximum absolute atomic E-state index is 5.61. The van der Waals surface area contributed by atoms with E-state index in [1.54, 1.807) is 0 Å². The highest BCUT2D eigenvalue weighted by Gasteiger charge is 2.15. The highest BCUT2D eigenvalue weighted by atomic mass is 16.4. The van der Waals surface area contributed by atoms with Crippen LogP contribution in [0.15, 0.2) is 40.9 Å². The molecule has 1 unspecified atom stereocenters. The summed E-state index contributed by atoms with van der Waals surface area (Å²) in [6, 6.07) is 10.7. The highest BCUT2D eigenvalue weighted by molar-refractivity contribution is 5.20. The van der Waals surface area contributed by atoms with Gasteiger partial charge < -0.3 is 9.73 Å². The van der Waals surface area contributed by atoms with Crippen molar-refractivity contribution < 1.29 is 4.42 Å². The first-order chi connectivity index (χ1) is 9.70. The molecule has 1 aromatic heterocycles. The van der Waals surface area contributed by atoms with E-state index < -0.39 is 0 Å². The van der Waals surface area contributed by atoms with Gasteiger partial charge in [-0.2, -0.15) is 0 Å². The standard InChI is InChI=1S/C17H24N2O/c1-4-15-10-19-17(20-15)12-18-11-16(13(2)3)14-8-6-5-7-9-14/h5-10,13,16,18H,4,11-12H2,1-3H3. The minimum atomic E-state index is 0.511. The maximum atomic E-state index is 5.61. The molecule has 0 amide bonds. The van der Waals surface area contributed by atoms with Crippen LogP contribution in [-0.2, 0) is 13.0 Å². The van der Waals surface area contributed by atoms with Crippen LogP contribution in [0.25, 0.3) is 0 Å². The predicted molar refractivity (Wildman–Crippen MR) is 81.6 cm³/mol. The first-order valence-electron chi connectivity index (χ1n) is 7.40. The average molecular weight is 272 g/mol. The summed E-state index contributed by atoms with van der Waals surface area (Å²) in [5, 5.41) is 3.46. The number of nitrogens with one attached hydrogen (secondary N) is 1. The molecule has 0 bridgehead atoms. The van der Waals surface area contributed by atoms with Crippen molar-refractivity contribution >= 4 is 0 Å². The SMILES string of the molecule is CCc1cnc(CNCC(c2ccccc2)C(C)C)o1. The van der Waals surface area contributed by atoms with Crippen LogP contribution >= 0.6 is 0 Å². The molecule has 2 aromatic rings. The Bertz CT molecular complexity index is 505. The van der Waals surface area contributed by atoms with E-state index in [0.29, 0.717) is 18.4 Å². The molecule has 3 nitrogen and oxygen atoms in total. The van der Waals surface area contributed by atoms with Crippen molar-refractivity contribution in [2.75, 3.05) is 6.54 Å². The Hall–Kier alpha value is -1.61. The van der Waals surface area contributed by atoms with Crippen LogP contribution in [0.5, 0.6) is 0 Å². The topological polar surface area (TPSA) is 38.1 Å². The lowest BCUT2D eigenvalue weighted by Gasteiger charge is -2.21. The molecule has 3 heteroatoms. The molecule has 0 fully saturated rings. The number of rotatable bonds is 7. The van der Waals surface area contributed by atoms with E-state index in [0.717, 1.165) is 24.6 Å². The molecule has 0 aliphatic rings. The molecule has 1 atom stereocenters. The number of benzene rings is 1. The Morgan fingerprint density at radius 2 is 1.95 bits per heavy atom. The molecular formula is C17H24N2O. The largest absolute Gasteiger partial charge is 0.444 e. The van der Waals surface area contributed by atoms with Crippen LogP contribution < -0.4 is 5.32 Å². The van der Waals surface area contributed by atoms with Gasteiger partial charge in [0.2, 0.25) is 5.89 Å². The molecule has 0 aliphatic heterocycles. The molecule has 0 saturated heterocycles. The van der Waals surface area contributed by atoms with Gasteiger partial charge in [-0.1, -0.05) is 51.1 Å². The van der Waals surface area contributed by atoms with Gasteiger partial charge in [0, 0.05) is 13.0 Å². The summed E-state index contributed by atoms with van der Waals surface area (Å²) < 4.78 is 5.61. The Morgan fingerprint density at radius 3 is 2.55 bits per heavy atom.